The van der Waals surface area contributed by atoms with Crippen LogP contribution >= 0.6 is 0 Å². The second kappa shape index (κ2) is 3.50. The maximum atomic E-state index is 12.3. The van der Waals surface area contributed by atoms with E-state index in [0.29, 0.717) is 12.5 Å². The summed E-state index contributed by atoms with van der Waals surface area (Å²) in [5.41, 5.74) is 0.0794. The minimum absolute atomic E-state index is 0.0155. The molecule has 2 heterocycles. The third-order valence-corrected chi connectivity index (χ3v) is 4.52. The van der Waals surface area contributed by atoms with Gasteiger partial charge in [0.2, 0.25) is 0 Å². The van der Waals surface area contributed by atoms with Gasteiger partial charge >= 0.3 is 0 Å². The Morgan fingerprint density at radius 2 is 2.31 bits per heavy atom. The summed E-state index contributed by atoms with van der Waals surface area (Å²) in [6.45, 7) is 2.58. The Morgan fingerprint density at radius 1 is 1.50 bits per heavy atom. The summed E-state index contributed by atoms with van der Waals surface area (Å²) >= 11 is 0. The van der Waals surface area contributed by atoms with Crippen LogP contribution in [-0.2, 0) is 4.74 Å². The molecule has 0 N–H and O–H groups in total. The van der Waals surface area contributed by atoms with Crippen molar-refractivity contribution >= 4 is 0 Å². The molecule has 0 radical (unpaired) electrons. The first-order valence-electron chi connectivity index (χ1n) is 5.92. The van der Waals surface area contributed by atoms with E-state index in [2.05, 4.69) is 4.90 Å². The first kappa shape index (κ1) is 10.7. The molecule has 0 amide bonds. The molecule has 16 heavy (non-hydrogen) atoms. The molecule has 2 aliphatic heterocycles. The molecule has 2 unspecified atom stereocenters. The van der Waals surface area contributed by atoms with Gasteiger partial charge in [0.25, 0.3) is 6.08 Å². The largest absolute Gasteiger partial charge is 0.383 e. The average Bonchev–Trinajstić information content (AvgIpc) is 2.78. The van der Waals surface area contributed by atoms with Crippen LogP contribution in [0.1, 0.15) is 12.8 Å². The standard InChI is InChI=1S/C12H17F2NO/c1-16-7-12-4-8(2-11(13)14)5-15(12)6-9-3-10(9)12/h2,8-10H,3-7H2,1H3/t8-,9?,10?,12+/m0/s1. The second-order valence-electron chi connectivity index (χ2n) is 5.46. The zero-order chi connectivity index (χ0) is 11.3. The summed E-state index contributed by atoms with van der Waals surface area (Å²) in [5, 5.41) is 0. The Hall–Kier alpha value is -0.480. The number of ether oxygens (including phenoxy) is 1. The Labute approximate surface area is 94.3 Å². The van der Waals surface area contributed by atoms with E-state index in [1.807, 2.05) is 0 Å². The van der Waals surface area contributed by atoms with Gasteiger partial charge in [0.05, 0.1) is 6.61 Å². The van der Waals surface area contributed by atoms with Crippen LogP contribution in [0.15, 0.2) is 12.2 Å². The van der Waals surface area contributed by atoms with Crippen LogP contribution in [0.4, 0.5) is 8.78 Å². The predicted molar refractivity (Wildman–Crippen MR) is 56.2 cm³/mol. The highest BCUT2D eigenvalue weighted by atomic mass is 19.3. The van der Waals surface area contributed by atoms with Gasteiger partial charge in [0, 0.05) is 25.7 Å². The van der Waals surface area contributed by atoms with Crippen LogP contribution < -0.4 is 0 Å². The van der Waals surface area contributed by atoms with Crippen LogP contribution in [0.25, 0.3) is 0 Å². The lowest BCUT2D eigenvalue weighted by Crippen LogP contribution is -2.45. The van der Waals surface area contributed by atoms with E-state index >= 15 is 0 Å². The van der Waals surface area contributed by atoms with E-state index in [0.717, 1.165) is 31.5 Å². The summed E-state index contributed by atoms with van der Waals surface area (Å²) in [7, 11) is 1.71. The van der Waals surface area contributed by atoms with Crippen molar-refractivity contribution < 1.29 is 13.5 Å². The Morgan fingerprint density at radius 3 is 3.00 bits per heavy atom. The second-order valence-corrected chi connectivity index (χ2v) is 5.46. The van der Waals surface area contributed by atoms with Crippen molar-refractivity contribution in [3.8, 4) is 0 Å². The Kier molecular flexibility index (Phi) is 2.33. The lowest BCUT2D eigenvalue weighted by atomic mass is 9.89. The Bertz CT molecular complexity index is 329. The summed E-state index contributed by atoms with van der Waals surface area (Å²) in [6, 6.07) is 0. The highest BCUT2D eigenvalue weighted by Gasteiger charge is 2.64. The van der Waals surface area contributed by atoms with Crippen LogP contribution in [0.2, 0.25) is 0 Å². The summed E-state index contributed by atoms with van der Waals surface area (Å²) < 4.78 is 29.9. The number of hydrogen-bond acceptors (Lipinski definition) is 2. The van der Waals surface area contributed by atoms with Crippen molar-refractivity contribution in [2.45, 2.75) is 18.4 Å². The predicted octanol–water partition coefficient (Wildman–Crippen LogP) is 2.12. The third-order valence-electron chi connectivity index (χ3n) is 4.52. The normalized spacial score (nSPS) is 45.3. The lowest BCUT2D eigenvalue weighted by Gasteiger charge is -2.34. The average molecular weight is 229 g/mol. The lowest BCUT2D eigenvalue weighted by molar-refractivity contribution is 0.0462. The molecule has 0 aromatic rings. The molecule has 2 saturated heterocycles. The summed E-state index contributed by atoms with van der Waals surface area (Å²) in [5.74, 6) is 1.53. The molecule has 0 aromatic heterocycles. The highest BCUT2D eigenvalue weighted by Crippen LogP contribution is 2.60. The van der Waals surface area contributed by atoms with Crippen LogP contribution in [0.5, 0.6) is 0 Å². The van der Waals surface area contributed by atoms with Crippen LogP contribution in [0, 0.1) is 17.8 Å². The smallest absolute Gasteiger partial charge is 0.266 e. The molecule has 0 bridgehead atoms. The zero-order valence-electron chi connectivity index (χ0n) is 9.46. The van der Waals surface area contributed by atoms with Gasteiger partial charge in [-0.3, -0.25) is 4.90 Å². The van der Waals surface area contributed by atoms with Crippen molar-refractivity contribution in [1.82, 2.24) is 4.90 Å². The summed E-state index contributed by atoms with van der Waals surface area (Å²) in [6.07, 6.45) is 1.71. The van der Waals surface area contributed by atoms with Gasteiger partial charge in [-0.15, -0.1) is 0 Å². The minimum Gasteiger partial charge on any atom is -0.383 e. The van der Waals surface area contributed by atoms with E-state index in [1.54, 1.807) is 7.11 Å². The molecule has 4 atom stereocenters. The van der Waals surface area contributed by atoms with Crippen molar-refractivity contribution in [2.75, 3.05) is 26.8 Å². The first-order chi connectivity index (χ1) is 7.65. The fourth-order valence-corrected chi connectivity index (χ4v) is 3.94. The van der Waals surface area contributed by atoms with Crippen LogP contribution in [-0.4, -0.2) is 37.2 Å². The first-order valence-corrected chi connectivity index (χ1v) is 5.92. The van der Waals surface area contributed by atoms with E-state index in [9.17, 15) is 8.78 Å². The van der Waals surface area contributed by atoms with Crippen molar-refractivity contribution in [3.05, 3.63) is 12.2 Å². The maximum Gasteiger partial charge on any atom is 0.266 e. The van der Waals surface area contributed by atoms with E-state index in [-0.39, 0.29) is 11.5 Å². The van der Waals surface area contributed by atoms with Gasteiger partial charge in [-0.05, 0) is 36.7 Å². The molecule has 3 fully saturated rings. The third kappa shape index (κ3) is 1.43. The maximum absolute atomic E-state index is 12.3. The minimum atomic E-state index is -1.54. The van der Waals surface area contributed by atoms with E-state index < -0.39 is 6.08 Å². The molecule has 90 valence electrons. The fraction of sp³-hybridized carbons (Fsp3) is 0.833. The van der Waals surface area contributed by atoms with E-state index in [4.69, 9.17) is 4.74 Å². The molecular weight excluding hydrogens is 212 g/mol. The molecule has 4 heteroatoms. The molecule has 3 aliphatic rings. The van der Waals surface area contributed by atoms with Crippen molar-refractivity contribution in [1.29, 1.82) is 0 Å². The Balaban J connectivity index is 1.79. The van der Waals surface area contributed by atoms with Gasteiger partial charge < -0.3 is 4.74 Å². The van der Waals surface area contributed by atoms with Crippen molar-refractivity contribution in [2.24, 2.45) is 17.8 Å². The van der Waals surface area contributed by atoms with Gasteiger partial charge in [-0.1, -0.05) is 0 Å². The number of rotatable bonds is 3. The monoisotopic (exact) mass is 229 g/mol. The topological polar surface area (TPSA) is 12.5 Å². The number of methoxy groups -OCH3 is 1. The molecule has 3 rings (SSSR count). The number of halogens is 2. The fourth-order valence-electron chi connectivity index (χ4n) is 3.94. The molecule has 1 aliphatic carbocycles. The van der Waals surface area contributed by atoms with Gasteiger partial charge in [-0.2, -0.15) is 8.78 Å². The quantitative estimate of drug-likeness (QED) is 0.735. The number of fused-ring (bicyclic) bond motifs is 3. The molecule has 0 aromatic carbocycles. The molecule has 2 nitrogen and oxygen atoms in total. The number of piperidine rings is 1. The van der Waals surface area contributed by atoms with Gasteiger partial charge in [-0.25, -0.2) is 0 Å². The zero-order valence-corrected chi connectivity index (χ0v) is 9.46. The SMILES string of the molecule is COC[C@@]12C[C@H](C=C(F)F)CN1CC1CC12. The molecule has 1 saturated carbocycles. The van der Waals surface area contributed by atoms with Gasteiger partial charge in [0.1, 0.15) is 0 Å². The number of nitrogens with zero attached hydrogens (tertiary/aromatic N) is 1. The van der Waals surface area contributed by atoms with Gasteiger partial charge in [0.15, 0.2) is 0 Å². The molecular formula is C12H17F2NO. The highest BCUT2D eigenvalue weighted by molar-refractivity contribution is 5.19. The number of hydrogen-bond donors (Lipinski definition) is 0. The van der Waals surface area contributed by atoms with Crippen molar-refractivity contribution in [3.63, 3.8) is 0 Å². The van der Waals surface area contributed by atoms with E-state index in [1.165, 1.54) is 6.42 Å². The van der Waals surface area contributed by atoms with Crippen LogP contribution in [0.3, 0.4) is 0 Å². The summed E-state index contributed by atoms with van der Waals surface area (Å²) in [4.78, 5) is 2.39. The molecule has 0 spiro atoms.